The van der Waals surface area contributed by atoms with Gasteiger partial charge in [0.1, 0.15) is 13.2 Å². The maximum Gasteiger partial charge on any atom is 0.223 e. The number of aliphatic hydroxyl groups is 1. The van der Waals surface area contributed by atoms with E-state index < -0.39 is 10.9 Å². The average molecular weight is 307 g/mol. The number of morpholine rings is 1. The van der Waals surface area contributed by atoms with Crippen molar-refractivity contribution in [3.63, 3.8) is 0 Å². The maximum atomic E-state index is 12.3. The number of quaternary nitrogens is 1. The van der Waals surface area contributed by atoms with Crippen LogP contribution in [-0.4, -0.2) is 60.1 Å². The summed E-state index contributed by atoms with van der Waals surface area (Å²) in [6, 6.07) is 0. The van der Waals surface area contributed by atoms with E-state index in [1.54, 1.807) is 0 Å². The van der Waals surface area contributed by atoms with E-state index in [1.165, 1.54) is 0 Å². The molecule has 7 heteroatoms. The maximum absolute atomic E-state index is 12.3. The van der Waals surface area contributed by atoms with Crippen LogP contribution in [0.4, 0.5) is 0 Å². The molecule has 2 fully saturated rings. The molecule has 6 nitrogen and oxygen atoms in total. The van der Waals surface area contributed by atoms with Gasteiger partial charge in [-0.05, 0) is 25.7 Å². The quantitative estimate of drug-likeness (QED) is 0.452. The molecule has 1 amide bonds. The minimum Gasteiger partial charge on any atom is -0.631 e. The first kappa shape index (κ1) is 16.0. The molecule has 0 radical (unpaired) electrons. The van der Waals surface area contributed by atoms with E-state index in [4.69, 9.17) is 16.3 Å². The van der Waals surface area contributed by atoms with Gasteiger partial charge in [-0.3, -0.25) is 4.79 Å². The first-order chi connectivity index (χ1) is 9.51. The van der Waals surface area contributed by atoms with E-state index in [0.29, 0.717) is 13.2 Å². The summed E-state index contributed by atoms with van der Waals surface area (Å²) in [6.45, 7) is 1.13. The molecule has 2 atom stereocenters. The molecule has 2 unspecified atom stereocenters. The number of alkyl halides is 1. The molecule has 0 aromatic carbocycles. The Bertz CT molecular complexity index is 336. The molecule has 1 aliphatic heterocycles. The van der Waals surface area contributed by atoms with Crippen LogP contribution >= 0.6 is 11.6 Å². The molecular weight excluding hydrogens is 284 g/mol. The molecule has 2 aliphatic rings. The number of nitrogens with one attached hydrogen (secondary N) is 1. The lowest BCUT2D eigenvalue weighted by molar-refractivity contribution is -0.934. The van der Waals surface area contributed by atoms with Crippen molar-refractivity contribution < 1.29 is 19.3 Å². The van der Waals surface area contributed by atoms with Crippen LogP contribution in [-0.2, 0) is 9.53 Å². The van der Waals surface area contributed by atoms with Crippen LogP contribution < -0.4 is 5.32 Å². The Morgan fingerprint density at radius 2 is 2.10 bits per heavy atom. The average Bonchev–Trinajstić information content (AvgIpc) is 2.43. The minimum atomic E-state index is -1.05. The minimum absolute atomic E-state index is 0.00270. The van der Waals surface area contributed by atoms with Gasteiger partial charge in [-0.25, -0.2) is 0 Å². The lowest BCUT2D eigenvalue weighted by Crippen LogP contribution is -2.60. The Hall–Kier alpha value is -0.400. The predicted octanol–water partition coefficient (Wildman–Crippen LogP) is 0.563. The first-order valence-electron chi connectivity index (χ1n) is 7.26. The predicted molar refractivity (Wildman–Crippen MR) is 74.8 cm³/mol. The van der Waals surface area contributed by atoms with Gasteiger partial charge in [0.15, 0.2) is 0 Å². The van der Waals surface area contributed by atoms with E-state index in [0.717, 1.165) is 25.7 Å². The molecule has 1 saturated carbocycles. The van der Waals surface area contributed by atoms with Crippen LogP contribution in [0.3, 0.4) is 0 Å². The van der Waals surface area contributed by atoms with Crippen LogP contribution in [0, 0.1) is 11.1 Å². The smallest absolute Gasteiger partial charge is 0.223 e. The second-order valence-electron chi connectivity index (χ2n) is 5.70. The van der Waals surface area contributed by atoms with Crippen LogP contribution in [0.25, 0.3) is 0 Å². The highest BCUT2D eigenvalue weighted by atomic mass is 35.5. The van der Waals surface area contributed by atoms with Gasteiger partial charge in [0.2, 0.25) is 12.1 Å². The zero-order valence-corrected chi connectivity index (χ0v) is 12.3. The van der Waals surface area contributed by atoms with Crippen molar-refractivity contribution in [3.8, 4) is 0 Å². The molecule has 2 N–H and O–H groups in total. The monoisotopic (exact) mass is 306 g/mol. The lowest BCUT2D eigenvalue weighted by Gasteiger charge is -2.48. The number of hydrogen-bond donors (Lipinski definition) is 2. The molecule has 1 heterocycles. The molecule has 2 rings (SSSR count). The number of ether oxygens (including phenoxy) is 1. The summed E-state index contributed by atoms with van der Waals surface area (Å²) in [5.41, 5.74) is 0. The molecule has 0 bridgehead atoms. The third-order valence-corrected chi connectivity index (χ3v) is 4.68. The van der Waals surface area contributed by atoms with Gasteiger partial charge >= 0.3 is 0 Å². The van der Waals surface area contributed by atoms with E-state index in [-0.39, 0.29) is 36.9 Å². The van der Waals surface area contributed by atoms with Crippen LogP contribution in [0.2, 0.25) is 0 Å². The second-order valence-corrected chi connectivity index (χ2v) is 6.31. The van der Waals surface area contributed by atoms with Gasteiger partial charge in [-0.1, -0.05) is 0 Å². The Morgan fingerprint density at radius 1 is 1.40 bits per heavy atom. The van der Waals surface area contributed by atoms with Gasteiger partial charge in [0, 0.05) is 11.3 Å². The molecule has 20 heavy (non-hydrogen) atoms. The molecule has 116 valence electrons. The fourth-order valence-corrected chi connectivity index (χ4v) is 3.03. The van der Waals surface area contributed by atoms with Crippen molar-refractivity contribution in [1.82, 2.24) is 5.32 Å². The van der Waals surface area contributed by atoms with Crippen LogP contribution in [0.1, 0.15) is 25.7 Å². The molecule has 1 aliphatic carbocycles. The van der Waals surface area contributed by atoms with E-state index in [1.807, 2.05) is 0 Å². The lowest BCUT2D eigenvalue weighted by atomic mass is 9.88. The SMILES string of the molecule is O=C(NCC[N+]1([O-])CCOCC1O)C1CCC(Cl)CC1. The summed E-state index contributed by atoms with van der Waals surface area (Å²) in [5.74, 6) is 0.0163. The summed E-state index contributed by atoms with van der Waals surface area (Å²) in [7, 11) is 0. The van der Waals surface area contributed by atoms with E-state index in [9.17, 15) is 15.1 Å². The standard InChI is InChI=1S/C13H23ClN2O4/c14-11-3-1-10(2-4-11)13(18)15-5-6-16(19)7-8-20-9-12(16)17/h10-12,17H,1-9H2,(H,15,18). The molecule has 0 aromatic heterocycles. The van der Waals surface area contributed by atoms with Crippen molar-refractivity contribution >= 4 is 17.5 Å². The van der Waals surface area contributed by atoms with Crippen molar-refractivity contribution in [2.24, 2.45) is 5.92 Å². The van der Waals surface area contributed by atoms with Crippen molar-refractivity contribution in [2.75, 3.05) is 32.8 Å². The third-order valence-electron chi connectivity index (χ3n) is 4.24. The Morgan fingerprint density at radius 3 is 2.75 bits per heavy atom. The highest BCUT2D eigenvalue weighted by molar-refractivity contribution is 6.20. The summed E-state index contributed by atoms with van der Waals surface area (Å²) < 4.78 is 4.34. The fraction of sp³-hybridized carbons (Fsp3) is 0.923. The van der Waals surface area contributed by atoms with E-state index >= 15 is 0 Å². The first-order valence-corrected chi connectivity index (χ1v) is 7.70. The highest BCUT2D eigenvalue weighted by Gasteiger charge is 2.31. The zero-order chi connectivity index (χ0) is 14.6. The molecule has 1 saturated heterocycles. The number of hydroxylamine groups is 3. The van der Waals surface area contributed by atoms with Crippen molar-refractivity contribution in [3.05, 3.63) is 5.21 Å². The topological polar surface area (TPSA) is 81.6 Å². The number of carbonyl (C=O) groups is 1. The molecule has 0 spiro atoms. The number of rotatable bonds is 4. The normalized spacial score (nSPS) is 38.5. The van der Waals surface area contributed by atoms with Gasteiger partial charge in [0.05, 0.1) is 19.7 Å². The molecule has 0 aromatic rings. The number of hydrogen-bond acceptors (Lipinski definition) is 4. The number of halogens is 1. The number of nitrogens with zero attached hydrogens (tertiary/aromatic N) is 1. The van der Waals surface area contributed by atoms with Crippen molar-refractivity contribution in [1.29, 1.82) is 0 Å². The molecular formula is C13H23ClN2O4. The van der Waals surface area contributed by atoms with Gasteiger partial charge in [-0.15, -0.1) is 11.6 Å². The second kappa shape index (κ2) is 7.04. The fourth-order valence-electron chi connectivity index (χ4n) is 2.78. The van der Waals surface area contributed by atoms with Crippen LogP contribution in [0.15, 0.2) is 0 Å². The number of aliphatic hydroxyl groups excluding tert-OH is 1. The summed E-state index contributed by atoms with van der Waals surface area (Å²) >= 11 is 6.01. The summed E-state index contributed by atoms with van der Waals surface area (Å²) in [6.07, 6.45) is 2.32. The van der Waals surface area contributed by atoms with Gasteiger partial charge in [-0.2, -0.15) is 0 Å². The Balaban J connectivity index is 1.71. The van der Waals surface area contributed by atoms with Gasteiger partial charge < -0.3 is 25.0 Å². The van der Waals surface area contributed by atoms with E-state index in [2.05, 4.69) is 5.32 Å². The summed E-state index contributed by atoms with van der Waals surface area (Å²) in [4.78, 5) is 12.0. The third kappa shape index (κ3) is 4.05. The van der Waals surface area contributed by atoms with Gasteiger partial charge in [0.25, 0.3) is 0 Å². The van der Waals surface area contributed by atoms with Crippen molar-refractivity contribution in [2.45, 2.75) is 37.3 Å². The largest absolute Gasteiger partial charge is 0.631 e. The van der Waals surface area contributed by atoms with Crippen LogP contribution in [0.5, 0.6) is 0 Å². The Labute approximate surface area is 124 Å². The highest BCUT2D eigenvalue weighted by Crippen LogP contribution is 2.27. The zero-order valence-electron chi connectivity index (χ0n) is 11.6. The Kier molecular flexibility index (Phi) is 5.63. The number of carbonyl (C=O) groups excluding carboxylic acids is 1. The number of amides is 1. The summed E-state index contributed by atoms with van der Waals surface area (Å²) in [5, 5.41) is 25.0.